The molecule has 1 N–H and O–H groups in total. The summed E-state index contributed by atoms with van der Waals surface area (Å²) in [5.74, 6) is 0.934. The number of aliphatic hydroxyl groups excluding tert-OH is 1. The van der Waals surface area contributed by atoms with Gasteiger partial charge in [-0.1, -0.05) is 90.9 Å². The van der Waals surface area contributed by atoms with Crippen molar-refractivity contribution >= 4 is 0 Å². The molecule has 0 aliphatic heterocycles. The van der Waals surface area contributed by atoms with E-state index in [9.17, 15) is 0 Å². The van der Waals surface area contributed by atoms with Crippen LogP contribution in [0.1, 0.15) is 97.3 Å². The zero-order valence-corrected chi connectivity index (χ0v) is 12.9. The molecule has 0 saturated heterocycles. The first-order chi connectivity index (χ1) is 8.81. The lowest BCUT2D eigenvalue weighted by Crippen LogP contribution is -1.91. The van der Waals surface area contributed by atoms with E-state index in [0.29, 0.717) is 6.61 Å². The highest BCUT2D eigenvalue weighted by molar-refractivity contribution is 4.52. The Balaban J connectivity index is 2.94. The van der Waals surface area contributed by atoms with Gasteiger partial charge in [0.05, 0.1) is 0 Å². The van der Waals surface area contributed by atoms with E-state index in [0.717, 1.165) is 12.3 Å². The number of rotatable bonds is 14. The first-order valence-corrected chi connectivity index (χ1v) is 8.42. The van der Waals surface area contributed by atoms with E-state index in [4.69, 9.17) is 5.11 Å². The Labute approximate surface area is 115 Å². The van der Waals surface area contributed by atoms with Crippen molar-refractivity contribution in [2.75, 3.05) is 6.61 Å². The standard InChI is InChI=1S/C17H36O/c1-3-17(2)15-13-11-9-7-5-4-6-8-10-12-14-16-18/h17-18H,3-16H2,1-2H3. The molecule has 1 atom stereocenters. The molecule has 0 rings (SSSR count). The third-order valence-corrected chi connectivity index (χ3v) is 4.05. The van der Waals surface area contributed by atoms with Crippen LogP contribution in [-0.2, 0) is 0 Å². The fourth-order valence-electron chi connectivity index (χ4n) is 2.40. The quantitative estimate of drug-likeness (QED) is 0.395. The van der Waals surface area contributed by atoms with Crippen LogP contribution in [0.15, 0.2) is 0 Å². The van der Waals surface area contributed by atoms with Gasteiger partial charge in [0.1, 0.15) is 0 Å². The van der Waals surface area contributed by atoms with Crippen LogP contribution >= 0.6 is 0 Å². The Morgan fingerprint density at radius 3 is 1.44 bits per heavy atom. The summed E-state index contributed by atoms with van der Waals surface area (Å²) in [6, 6.07) is 0. The molecule has 0 radical (unpaired) electrons. The number of hydrogen-bond donors (Lipinski definition) is 1. The van der Waals surface area contributed by atoms with Gasteiger partial charge in [0, 0.05) is 6.61 Å². The van der Waals surface area contributed by atoms with Crippen molar-refractivity contribution in [1.82, 2.24) is 0 Å². The van der Waals surface area contributed by atoms with Crippen LogP contribution in [0.5, 0.6) is 0 Å². The molecule has 0 aromatic heterocycles. The molecule has 0 aromatic rings. The molecule has 1 heteroatoms. The minimum absolute atomic E-state index is 0.372. The summed E-state index contributed by atoms with van der Waals surface area (Å²) in [7, 11) is 0. The fourth-order valence-corrected chi connectivity index (χ4v) is 2.40. The highest BCUT2D eigenvalue weighted by Gasteiger charge is 1.98. The average Bonchev–Trinajstić information content (AvgIpc) is 2.39. The van der Waals surface area contributed by atoms with Gasteiger partial charge >= 0.3 is 0 Å². The normalized spacial score (nSPS) is 12.8. The molecule has 0 amide bonds. The zero-order valence-electron chi connectivity index (χ0n) is 12.9. The van der Waals surface area contributed by atoms with E-state index in [1.807, 2.05) is 0 Å². The van der Waals surface area contributed by atoms with Crippen LogP contribution in [-0.4, -0.2) is 11.7 Å². The van der Waals surface area contributed by atoms with Crippen LogP contribution in [0.25, 0.3) is 0 Å². The number of hydrogen-bond acceptors (Lipinski definition) is 1. The summed E-state index contributed by atoms with van der Waals surface area (Å²) in [4.78, 5) is 0. The van der Waals surface area contributed by atoms with E-state index in [1.165, 1.54) is 77.0 Å². The van der Waals surface area contributed by atoms with E-state index in [2.05, 4.69) is 13.8 Å². The van der Waals surface area contributed by atoms with Gasteiger partial charge in [0.25, 0.3) is 0 Å². The maximum atomic E-state index is 8.66. The highest BCUT2D eigenvalue weighted by atomic mass is 16.2. The lowest BCUT2D eigenvalue weighted by Gasteiger charge is -2.07. The molecule has 0 aliphatic carbocycles. The van der Waals surface area contributed by atoms with Crippen LogP contribution < -0.4 is 0 Å². The van der Waals surface area contributed by atoms with Gasteiger partial charge in [0.2, 0.25) is 0 Å². The molecule has 0 bridgehead atoms. The Kier molecular flexibility index (Phi) is 15.0. The molecule has 1 nitrogen and oxygen atoms in total. The van der Waals surface area contributed by atoms with Gasteiger partial charge in [-0.05, 0) is 12.3 Å². The Bertz CT molecular complexity index is 145. The molecule has 110 valence electrons. The summed E-state index contributed by atoms with van der Waals surface area (Å²) < 4.78 is 0. The van der Waals surface area contributed by atoms with Gasteiger partial charge in [-0.15, -0.1) is 0 Å². The van der Waals surface area contributed by atoms with Crippen molar-refractivity contribution in [3.8, 4) is 0 Å². The molecular formula is C17H36O. The van der Waals surface area contributed by atoms with Crippen LogP contribution in [0, 0.1) is 5.92 Å². The van der Waals surface area contributed by atoms with E-state index in [-0.39, 0.29) is 0 Å². The predicted octanol–water partition coefficient (Wildman–Crippen LogP) is 5.71. The molecular weight excluding hydrogens is 220 g/mol. The summed E-state index contributed by atoms with van der Waals surface area (Å²) in [5.41, 5.74) is 0. The number of aliphatic hydroxyl groups is 1. The fraction of sp³-hybridized carbons (Fsp3) is 1.00. The van der Waals surface area contributed by atoms with Crippen molar-refractivity contribution in [3.05, 3.63) is 0 Å². The molecule has 18 heavy (non-hydrogen) atoms. The monoisotopic (exact) mass is 256 g/mol. The molecule has 1 unspecified atom stereocenters. The van der Waals surface area contributed by atoms with Crippen molar-refractivity contribution in [1.29, 1.82) is 0 Å². The first kappa shape index (κ1) is 18.0. The van der Waals surface area contributed by atoms with E-state index >= 15 is 0 Å². The predicted molar refractivity (Wildman–Crippen MR) is 81.9 cm³/mol. The number of unbranched alkanes of at least 4 members (excludes halogenated alkanes) is 10. The first-order valence-electron chi connectivity index (χ1n) is 8.42. The topological polar surface area (TPSA) is 20.2 Å². The smallest absolute Gasteiger partial charge is 0.0431 e. The highest BCUT2D eigenvalue weighted by Crippen LogP contribution is 2.15. The van der Waals surface area contributed by atoms with Crippen molar-refractivity contribution < 1.29 is 5.11 Å². The van der Waals surface area contributed by atoms with Crippen LogP contribution in [0.4, 0.5) is 0 Å². The Morgan fingerprint density at radius 2 is 1.06 bits per heavy atom. The second-order valence-corrected chi connectivity index (χ2v) is 5.91. The lowest BCUT2D eigenvalue weighted by molar-refractivity contribution is 0.282. The Morgan fingerprint density at radius 1 is 0.667 bits per heavy atom. The second kappa shape index (κ2) is 15.0. The molecule has 0 fully saturated rings. The van der Waals surface area contributed by atoms with Gasteiger partial charge in [-0.25, -0.2) is 0 Å². The van der Waals surface area contributed by atoms with E-state index in [1.54, 1.807) is 0 Å². The van der Waals surface area contributed by atoms with E-state index < -0.39 is 0 Å². The minimum Gasteiger partial charge on any atom is -0.396 e. The Hall–Kier alpha value is -0.0400. The SMILES string of the molecule is CCC(C)CCCCCCCCCCCCCO. The maximum absolute atomic E-state index is 8.66. The third kappa shape index (κ3) is 14.0. The van der Waals surface area contributed by atoms with Crippen molar-refractivity contribution in [3.63, 3.8) is 0 Å². The van der Waals surface area contributed by atoms with Gasteiger partial charge < -0.3 is 5.11 Å². The summed E-state index contributed by atoms with van der Waals surface area (Å²) in [6.07, 6.45) is 17.7. The van der Waals surface area contributed by atoms with Gasteiger partial charge in [-0.2, -0.15) is 0 Å². The average molecular weight is 256 g/mol. The van der Waals surface area contributed by atoms with Gasteiger partial charge in [-0.3, -0.25) is 0 Å². The summed E-state index contributed by atoms with van der Waals surface area (Å²) in [6.45, 7) is 5.04. The zero-order chi connectivity index (χ0) is 13.5. The van der Waals surface area contributed by atoms with Crippen molar-refractivity contribution in [2.45, 2.75) is 97.3 Å². The molecule has 0 saturated carbocycles. The summed E-state index contributed by atoms with van der Waals surface area (Å²) in [5, 5.41) is 8.66. The van der Waals surface area contributed by atoms with Crippen LogP contribution in [0.3, 0.4) is 0 Å². The van der Waals surface area contributed by atoms with Crippen molar-refractivity contribution in [2.24, 2.45) is 5.92 Å². The molecule has 0 spiro atoms. The summed E-state index contributed by atoms with van der Waals surface area (Å²) >= 11 is 0. The largest absolute Gasteiger partial charge is 0.396 e. The maximum Gasteiger partial charge on any atom is 0.0431 e. The van der Waals surface area contributed by atoms with Crippen LogP contribution in [0.2, 0.25) is 0 Å². The molecule has 0 heterocycles. The molecule has 0 aliphatic rings. The third-order valence-electron chi connectivity index (χ3n) is 4.05. The second-order valence-electron chi connectivity index (χ2n) is 5.91. The molecule has 0 aromatic carbocycles. The van der Waals surface area contributed by atoms with Gasteiger partial charge in [0.15, 0.2) is 0 Å². The minimum atomic E-state index is 0.372. The lowest BCUT2D eigenvalue weighted by atomic mass is 9.99.